The number of hydrogen-bond acceptors (Lipinski definition) is 3. The fourth-order valence-electron chi connectivity index (χ4n) is 1.41. The molecule has 1 aromatic carbocycles. The molecule has 2 amide bonds. The summed E-state index contributed by atoms with van der Waals surface area (Å²) >= 11 is 0. The molecule has 0 saturated carbocycles. The molecule has 5 heteroatoms. The van der Waals surface area contributed by atoms with Crippen LogP contribution in [0.1, 0.15) is 29.5 Å². The summed E-state index contributed by atoms with van der Waals surface area (Å²) in [6.07, 6.45) is 4.32. The van der Waals surface area contributed by atoms with E-state index >= 15 is 0 Å². The van der Waals surface area contributed by atoms with Gasteiger partial charge < -0.3 is 21.3 Å². The molecule has 1 aromatic rings. The molecule has 19 heavy (non-hydrogen) atoms. The normalized spacial score (nSPS) is 13.1. The summed E-state index contributed by atoms with van der Waals surface area (Å²) in [6.45, 7) is 5.65. The number of aryl methyl sites for hydroxylation is 1. The van der Waals surface area contributed by atoms with E-state index in [1.807, 2.05) is 25.3 Å². The number of piperidine rings is 1. The standard InChI is InChI=1S/C9H8O.C5H6NO2.K/c1-7-3-4-9(6-10)8(2)5-7;7-4-2-1-3-5(8)6-4;/h3-5H,2H2,1H3;2H,1,3H2,(H,6,7,8);/q-2;-1;+1. The van der Waals surface area contributed by atoms with Gasteiger partial charge in [-0.2, -0.15) is 6.42 Å². The van der Waals surface area contributed by atoms with Gasteiger partial charge in [0.15, 0.2) is 0 Å². The van der Waals surface area contributed by atoms with Crippen molar-refractivity contribution in [3.8, 4) is 0 Å². The zero-order chi connectivity index (χ0) is 13.5. The second-order valence-electron chi connectivity index (χ2n) is 3.92. The van der Waals surface area contributed by atoms with E-state index in [4.69, 9.17) is 0 Å². The van der Waals surface area contributed by atoms with E-state index in [9.17, 15) is 14.4 Å². The SMILES string of the molecule is O=C1[CH-]CCC(=O)N1.[CH2-]c1cc(C)ccc1[C-]=O.[K+]. The van der Waals surface area contributed by atoms with Crippen LogP contribution in [-0.4, -0.2) is 18.1 Å². The van der Waals surface area contributed by atoms with Crippen LogP contribution in [0.25, 0.3) is 0 Å². The molecule has 0 bridgehead atoms. The fourth-order valence-corrected chi connectivity index (χ4v) is 1.41. The number of carbonyl (C=O) groups is 2. The Hall–Kier alpha value is -0.594. The van der Waals surface area contributed by atoms with Crippen LogP contribution in [-0.2, 0) is 14.4 Å². The number of benzene rings is 1. The van der Waals surface area contributed by atoms with Crippen molar-refractivity contribution >= 4 is 18.1 Å². The van der Waals surface area contributed by atoms with Crippen molar-refractivity contribution < 1.29 is 65.8 Å². The Labute approximate surface area is 155 Å². The minimum absolute atomic E-state index is 0. The Morgan fingerprint density at radius 2 is 2.05 bits per heavy atom. The van der Waals surface area contributed by atoms with Crippen molar-refractivity contribution in [3.63, 3.8) is 0 Å². The summed E-state index contributed by atoms with van der Waals surface area (Å²) in [5.41, 5.74) is 2.41. The quantitative estimate of drug-likeness (QED) is 0.378. The van der Waals surface area contributed by atoms with Gasteiger partial charge in [0.05, 0.1) is 5.91 Å². The Morgan fingerprint density at radius 3 is 2.47 bits per heavy atom. The molecule has 96 valence electrons. The minimum atomic E-state index is -0.263. The molecule has 0 aromatic heterocycles. The first kappa shape index (κ1) is 18.4. The number of imide groups is 1. The third-order valence-electron chi connectivity index (χ3n) is 2.33. The largest absolute Gasteiger partial charge is 1.00 e. The molecule has 1 fully saturated rings. The van der Waals surface area contributed by atoms with Gasteiger partial charge in [0.2, 0.25) is 5.91 Å². The summed E-state index contributed by atoms with van der Waals surface area (Å²) in [6, 6.07) is 5.46. The van der Waals surface area contributed by atoms with Crippen LogP contribution >= 0.6 is 0 Å². The molecule has 0 aliphatic carbocycles. The second-order valence-corrected chi connectivity index (χ2v) is 3.92. The molecule has 1 N–H and O–H groups in total. The zero-order valence-corrected chi connectivity index (χ0v) is 14.3. The van der Waals surface area contributed by atoms with Gasteiger partial charge in [-0.05, 0) is 6.29 Å². The maximum absolute atomic E-state index is 10.3. The van der Waals surface area contributed by atoms with Gasteiger partial charge in [0.1, 0.15) is 0 Å². The molecule has 0 atom stereocenters. The van der Waals surface area contributed by atoms with E-state index in [1.54, 1.807) is 6.07 Å². The van der Waals surface area contributed by atoms with E-state index in [0.29, 0.717) is 18.4 Å². The summed E-state index contributed by atoms with van der Waals surface area (Å²) in [4.78, 5) is 30.8. The molecule has 1 saturated heterocycles. The van der Waals surface area contributed by atoms with E-state index in [-0.39, 0.29) is 63.2 Å². The first-order valence-corrected chi connectivity index (χ1v) is 5.50. The molecular formula is C14H14KNO3-2. The molecule has 4 nitrogen and oxygen atoms in total. The molecule has 0 unspecified atom stereocenters. The average Bonchev–Trinajstić information content (AvgIpc) is 2.29. The first-order valence-electron chi connectivity index (χ1n) is 5.50. The van der Waals surface area contributed by atoms with Gasteiger partial charge in [-0.3, -0.25) is 22.8 Å². The molecule has 1 aliphatic heterocycles. The van der Waals surface area contributed by atoms with Crippen LogP contribution in [0.3, 0.4) is 0 Å². The number of nitrogens with one attached hydrogen (secondary N) is 1. The van der Waals surface area contributed by atoms with Gasteiger partial charge in [-0.1, -0.05) is 6.92 Å². The van der Waals surface area contributed by atoms with Gasteiger partial charge in [0.25, 0.3) is 0 Å². The van der Waals surface area contributed by atoms with Crippen LogP contribution in [0, 0.1) is 20.3 Å². The zero-order valence-electron chi connectivity index (χ0n) is 11.2. The van der Waals surface area contributed by atoms with E-state index in [1.165, 1.54) is 6.42 Å². The van der Waals surface area contributed by atoms with Crippen molar-refractivity contribution in [2.45, 2.75) is 19.8 Å². The van der Waals surface area contributed by atoms with Crippen LogP contribution < -0.4 is 56.7 Å². The number of rotatable bonds is 1. The van der Waals surface area contributed by atoms with Crippen LogP contribution in [0.4, 0.5) is 0 Å². The second kappa shape index (κ2) is 9.33. The van der Waals surface area contributed by atoms with E-state index in [0.717, 1.165) is 11.1 Å². The predicted molar refractivity (Wildman–Crippen MR) is 67.1 cm³/mol. The smallest absolute Gasteiger partial charge is 0.391 e. The fraction of sp³-hybridized carbons (Fsp3) is 0.214. The minimum Gasteiger partial charge on any atom is -0.391 e. The molecule has 0 radical (unpaired) electrons. The van der Waals surface area contributed by atoms with Gasteiger partial charge in [0, 0.05) is 6.42 Å². The van der Waals surface area contributed by atoms with Crippen LogP contribution in [0.15, 0.2) is 18.2 Å². The average molecular weight is 283 g/mol. The molecule has 1 heterocycles. The summed E-state index contributed by atoms with van der Waals surface area (Å²) < 4.78 is 0. The van der Waals surface area contributed by atoms with E-state index < -0.39 is 0 Å². The van der Waals surface area contributed by atoms with Crippen molar-refractivity contribution in [2.24, 2.45) is 0 Å². The first-order chi connectivity index (χ1) is 8.52. The predicted octanol–water partition coefficient (Wildman–Crippen LogP) is -1.73. The van der Waals surface area contributed by atoms with E-state index in [2.05, 4.69) is 12.2 Å². The van der Waals surface area contributed by atoms with Crippen molar-refractivity contribution in [2.75, 3.05) is 0 Å². The summed E-state index contributed by atoms with van der Waals surface area (Å²) in [5.74, 6) is -0.432. The number of hydrogen-bond donors (Lipinski definition) is 1. The number of carbonyl (C=O) groups excluding carboxylic acids is 3. The number of amides is 2. The Bertz CT molecular complexity index is 458. The topological polar surface area (TPSA) is 63.2 Å². The van der Waals surface area contributed by atoms with Gasteiger partial charge in [-0.25, -0.2) is 12.1 Å². The summed E-state index contributed by atoms with van der Waals surface area (Å²) in [7, 11) is 0. The van der Waals surface area contributed by atoms with Crippen LogP contribution in [0.5, 0.6) is 0 Å². The monoisotopic (exact) mass is 283 g/mol. The van der Waals surface area contributed by atoms with Crippen molar-refractivity contribution in [1.82, 2.24) is 5.32 Å². The Kier molecular flexibility index (Phi) is 9.04. The Balaban J connectivity index is 0.000000331. The third-order valence-corrected chi connectivity index (χ3v) is 2.33. The molecule has 0 spiro atoms. The Morgan fingerprint density at radius 1 is 1.37 bits per heavy atom. The molecular weight excluding hydrogens is 269 g/mol. The van der Waals surface area contributed by atoms with Crippen LogP contribution in [0.2, 0.25) is 0 Å². The van der Waals surface area contributed by atoms with Crippen molar-refractivity contribution in [3.05, 3.63) is 48.2 Å². The third kappa shape index (κ3) is 6.94. The van der Waals surface area contributed by atoms with Gasteiger partial charge in [-0.15, -0.1) is 11.6 Å². The summed E-state index contributed by atoms with van der Waals surface area (Å²) in [5, 5.41) is 2.15. The van der Waals surface area contributed by atoms with Gasteiger partial charge >= 0.3 is 51.4 Å². The van der Waals surface area contributed by atoms with Crippen molar-refractivity contribution in [1.29, 1.82) is 0 Å². The maximum Gasteiger partial charge on any atom is 1.00 e. The maximum atomic E-state index is 10.3. The molecule has 1 aliphatic rings. The molecule has 2 rings (SSSR count).